The molecule has 0 atom stereocenters. The van der Waals surface area contributed by atoms with Crippen LogP contribution in [0.2, 0.25) is 5.02 Å². The molecule has 0 saturated carbocycles. The zero-order valence-corrected chi connectivity index (χ0v) is 16.2. The first-order valence-corrected chi connectivity index (χ1v) is 8.96. The molecule has 0 bridgehead atoms. The molecule has 2 N–H and O–H groups in total. The third-order valence-corrected chi connectivity index (χ3v) is 4.50. The summed E-state index contributed by atoms with van der Waals surface area (Å²) in [6.07, 6.45) is 0. The third-order valence-electron chi connectivity index (χ3n) is 3.33. The summed E-state index contributed by atoms with van der Waals surface area (Å²) in [5.74, 6) is 1.56. The third kappa shape index (κ3) is 4.16. The number of benzene rings is 2. The fourth-order valence-electron chi connectivity index (χ4n) is 2.21. The van der Waals surface area contributed by atoms with E-state index in [1.54, 1.807) is 6.07 Å². The summed E-state index contributed by atoms with van der Waals surface area (Å²) in [7, 11) is 0. The van der Waals surface area contributed by atoms with Crippen molar-refractivity contribution in [3.8, 4) is 23.0 Å². The second-order valence-electron chi connectivity index (χ2n) is 5.04. The highest BCUT2D eigenvalue weighted by atomic mass is 127. The lowest BCUT2D eigenvalue weighted by molar-refractivity contribution is 0.267. The van der Waals surface area contributed by atoms with E-state index in [2.05, 4.69) is 32.8 Å². The summed E-state index contributed by atoms with van der Waals surface area (Å²) in [5.41, 5.74) is 7.11. The van der Waals surface area contributed by atoms with Crippen LogP contribution in [0.3, 0.4) is 0 Å². The van der Waals surface area contributed by atoms with Gasteiger partial charge in [-0.15, -0.1) is 5.10 Å². The average Bonchev–Trinajstić information content (AvgIpc) is 3.02. The van der Waals surface area contributed by atoms with Crippen molar-refractivity contribution in [2.24, 2.45) is 0 Å². The minimum absolute atomic E-state index is 0.0158. The molecule has 0 unspecified atom stereocenters. The Labute approximate surface area is 163 Å². The first kappa shape index (κ1) is 17.8. The Morgan fingerprint density at radius 2 is 2.00 bits per heavy atom. The summed E-state index contributed by atoms with van der Waals surface area (Å²) in [6.45, 7) is 2.73. The van der Waals surface area contributed by atoms with Crippen LogP contribution < -0.4 is 15.2 Å². The lowest BCUT2D eigenvalue weighted by Crippen LogP contribution is -2.02. The van der Waals surface area contributed by atoms with Crippen LogP contribution in [-0.2, 0) is 6.61 Å². The number of nitrogens with two attached hydrogens (primary N) is 1. The van der Waals surface area contributed by atoms with Crippen molar-refractivity contribution >= 4 is 40.2 Å². The van der Waals surface area contributed by atoms with Crippen molar-refractivity contribution in [3.05, 3.63) is 50.6 Å². The predicted molar refractivity (Wildman–Crippen MR) is 104 cm³/mol. The average molecular weight is 472 g/mol. The highest BCUT2D eigenvalue weighted by Crippen LogP contribution is 2.38. The van der Waals surface area contributed by atoms with Crippen LogP contribution in [0, 0.1) is 3.57 Å². The van der Waals surface area contributed by atoms with Crippen molar-refractivity contribution < 1.29 is 13.9 Å². The second kappa shape index (κ2) is 7.92. The minimum Gasteiger partial charge on any atom is -0.490 e. The number of halogens is 2. The van der Waals surface area contributed by atoms with E-state index in [9.17, 15) is 0 Å². The van der Waals surface area contributed by atoms with E-state index in [1.165, 1.54) is 0 Å². The predicted octanol–water partition coefficient (Wildman–Crippen LogP) is 4.55. The van der Waals surface area contributed by atoms with Gasteiger partial charge in [0.2, 0.25) is 5.89 Å². The standard InChI is InChI=1S/C17H15ClIN3O3/c1-2-23-14-8-11(16-21-22-17(20)25-16)7-13(19)15(14)24-9-10-5-3-4-6-12(10)18/h3-8H,2,9H2,1H3,(H2,20,22). The Morgan fingerprint density at radius 3 is 2.68 bits per heavy atom. The van der Waals surface area contributed by atoms with Gasteiger partial charge in [0.25, 0.3) is 0 Å². The maximum Gasteiger partial charge on any atom is 0.313 e. The van der Waals surface area contributed by atoms with Crippen molar-refractivity contribution in [3.63, 3.8) is 0 Å². The lowest BCUT2D eigenvalue weighted by atomic mass is 10.2. The van der Waals surface area contributed by atoms with E-state index in [1.807, 2.05) is 37.3 Å². The summed E-state index contributed by atoms with van der Waals surface area (Å²) < 4.78 is 17.8. The molecule has 0 fully saturated rings. The molecular formula is C17H15ClIN3O3. The fourth-order valence-corrected chi connectivity index (χ4v) is 3.16. The molecule has 0 radical (unpaired) electrons. The van der Waals surface area contributed by atoms with Gasteiger partial charge in [-0.05, 0) is 47.7 Å². The van der Waals surface area contributed by atoms with E-state index in [-0.39, 0.29) is 6.01 Å². The molecule has 0 aliphatic carbocycles. The molecule has 0 spiro atoms. The van der Waals surface area contributed by atoms with Gasteiger partial charge in [-0.2, -0.15) is 0 Å². The molecule has 3 rings (SSSR count). The van der Waals surface area contributed by atoms with Crippen LogP contribution in [0.15, 0.2) is 40.8 Å². The maximum atomic E-state index is 6.19. The van der Waals surface area contributed by atoms with Crippen molar-refractivity contribution in [1.82, 2.24) is 10.2 Å². The Hall–Kier alpha value is -2.00. The fraction of sp³-hybridized carbons (Fsp3) is 0.176. The molecule has 25 heavy (non-hydrogen) atoms. The molecular weight excluding hydrogens is 457 g/mol. The molecule has 3 aromatic rings. The Kier molecular flexibility index (Phi) is 5.64. The molecule has 2 aromatic carbocycles. The first-order chi connectivity index (χ1) is 12.1. The molecule has 130 valence electrons. The molecule has 1 heterocycles. The van der Waals surface area contributed by atoms with Gasteiger partial charge in [0.05, 0.1) is 10.2 Å². The van der Waals surface area contributed by atoms with Crippen LogP contribution >= 0.6 is 34.2 Å². The minimum atomic E-state index is 0.0158. The van der Waals surface area contributed by atoms with Crippen LogP contribution in [0.5, 0.6) is 11.5 Å². The van der Waals surface area contributed by atoms with Crippen LogP contribution in [-0.4, -0.2) is 16.8 Å². The highest BCUT2D eigenvalue weighted by molar-refractivity contribution is 14.1. The number of hydrogen-bond donors (Lipinski definition) is 1. The lowest BCUT2D eigenvalue weighted by Gasteiger charge is -2.15. The highest BCUT2D eigenvalue weighted by Gasteiger charge is 2.16. The van der Waals surface area contributed by atoms with Gasteiger partial charge in [-0.25, -0.2) is 0 Å². The van der Waals surface area contributed by atoms with E-state index in [4.69, 9.17) is 31.2 Å². The van der Waals surface area contributed by atoms with Crippen molar-refractivity contribution in [2.45, 2.75) is 13.5 Å². The van der Waals surface area contributed by atoms with Gasteiger partial charge in [0.15, 0.2) is 11.5 Å². The summed E-state index contributed by atoms with van der Waals surface area (Å²) >= 11 is 8.36. The van der Waals surface area contributed by atoms with Gasteiger partial charge < -0.3 is 19.6 Å². The van der Waals surface area contributed by atoms with Gasteiger partial charge in [0.1, 0.15) is 6.61 Å². The number of ether oxygens (including phenoxy) is 2. The number of anilines is 1. The van der Waals surface area contributed by atoms with Gasteiger partial charge in [0, 0.05) is 16.1 Å². The van der Waals surface area contributed by atoms with Crippen LogP contribution in [0.4, 0.5) is 6.01 Å². The topological polar surface area (TPSA) is 83.4 Å². The van der Waals surface area contributed by atoms with Crippen LogP contribution in [0.1, 0.15) is 12.5 Å². The number of rotatable bonds is 6. The number of aromatic nitrogens is 2. The first-order valence-electron chi connectivity index (χ1n) is 7.50. The number of hydrogen-bond acceptors (Lipinski definition) is 6. The molecule has 0 aliphatic heterocycles. The normalized spacial score (nSPS) is 10.7. The molecule has 6 nitrogen and oxygen atoms in total. The van der Waals surface area contributed by atoms with Gasteiger partial charge >= 0.3 is 6.01 Å². The smallest absolute Gasteiger partial charge is 0.313 e. The largest absolute Gasteiger partial charge is 0.490 e. The van der Waals surface area contributed by atoms with E-state index in [0.717, 1.165) is 9.13 Å². The Bertz CT molecular complexity index is 885. The Balaban J connectivity index is 1.91. The molecule has 0 amide bonds. The molecule has 0 saturated heterocycles. The molecule has 1 aromatic heterocycles. The summed E-state index contributed by atoms with van der Waals surface area (Å²) in [5, 5.41) is 8.24. The second-order valence-corrected chi connectivity index (χ2v) is 6.61. The van der Waals surface area contributed by atoms with Crippen LogP contribution in [0.25, 0.3) is 11.5 Å². The van der Waals surface area contributed by atoms with E-state index >= 15 is 0 Å². The SMILES string of the molecule is CCOc1cc(-c2nnc(N)o2)cc(I)c1OCc1ccccc1Cl. The Morgan fingerprint density at radius 1 is 1.20 bits per heavy atom. The molecule has 8 heteroatoms. The maximum absolute atomic E-state index is 6.19. The van der Waals surface area contributed by atoms with E-state index in [0.29, 0.717) is 41.2 Å². The summed E-state index contributed by atoms with van der Waals surface area (Å²) in [6, 6.07) is 11.2. The quantitative estimate of drug-likeness (QED) is 0.531. The van der Waals surface area contributed by atoms with E-state index < -0.39 is 0 Å². The number of nitrogens with zero attached hydrogens (tertiary/aromatic N) is 2. The zero-order chi connectivity index (χ0) is 17.8. The molecule has 0 aliphatic rings. The monoisotopic (exact) mass is 471 g/mol. The zero-order valence-electron chi connectivity index (χ0n) is 13.3. The van der Waals surface area contributed by atoms with Gasteiger partial charge in [-0.3, -0.25) is 0 Å². The van der Waals surface area contributed by atoms with Crippen molar-refractivity contribution in [2.75, 3.05) is 12.3 Å². The van der Waals surface area contributed by atoms with Gasteiger partial charge in [-0.1, -0.05) is 34.9 Å². The van der Waals surface area contributed by atoms with Crippen molar-refractivity contribution in [1.29, 1.82) is 0 Å². The number of nitrogen functional groups attached to an aromatic ring is 1. The summed E-state index contributed by atoms with van der Waals surface area (Å²) in [4.78, 5) is 0.